The van der Waals surface area contributed by atoms with Crippen molar-refractivity contribution in [2.75, 3.05) is 19.7 Å². The van der Waals surface area contributed by atoms with Crippen molar-refractivity contribution in [3.8, 4) is 0 Å². The van der Waals surface area contributed by atoms with Gasteiger partial charge in [0.25, 0.3) is 0 Å². The van der Waals surface area contributed by atoms with Gasteiger partial charge >= 0.3 is 0 Å². The minimum absolute atomic E-state index is 0.289. The van der Waals surface area contributed by atoms with E-state index in [0.29, 0.717) is 11.8 Å². The third-order valence-electron chi connectivity index (χ3n) is 3.60. The SMILES string of the molecule is CC(C)Cc1noc(CN2CCCC(CCO)C2)n1. The normalized spacial score (nSPS) is 21.2. The van der Waals surface area contributed by atoms with Crippen molar-refractivity contribution >= 4 is 0 Å². The fraction of sp³-hybridized carbons (Fsp3) is 0.857. The maximum Gasteiger partial charge on any atom is 0.240 e. The molecule has 0 aromatic carbocycles. The van der Waals surface area contributed by atoms with Gasteiger partial charge in [0.1, 0.15) is 0 Å². The van der Waals surface area contributed by atoms with Crippen molar-refractivity contribution in [1.82, 2.24) is 15.0 Å². The zero-order valence-corrected chi connectivity index (χ0v) is 12.0. The van der Waals surface area contributed by atoms with Crippen molar-refractivity contribution in [3.63, 3.8) is 0 Å². The first-order valence-electron chi connectivity index (χ1n) is 7.32. The van der Waals surface area contributed by atoms with E-state index in [9.17, 15) is 0 Å². The van der Waals surface area contributed by atoms with Crippen LogP contribution in [0.5, 0.6) is 0 Å². The lowest BCUT2D eigenvalue weighted by molar-refractivity contribution is 0.130. The van der Waals surface area contributed by atoms with Crippen LogP contribution in [0.4, 0.5) is 0 Å². The van der Waals surface area contributed by atoms with Gasteiger partial charge in [-0.2, -0.15) is 4.98 Å². The van der Waals surface area contributed by atoms with Gasteiger partial charge in [-0.25, -0.2) is 0 Å². The molecule has 19 heavy (non-hydrogen) atoms. The zero-order valence-electron chi connectivity index (χ0n) is 12.0. The van der Waals surface area contributed by atoms with Crippen molar-refractivity contribution in [2.24, 2.45) is 11.8 Å². The van der Waals surface area contributed by atoms with Crippen LogP contribution in [0.3, 0.4) is 0 Å². The summed E-state index contributed by atoms with van der Waals surface area (Å²) in [5.74, 6) is 2.69. The summed E-state index contributed by atoms with van der Waals surface area (Å²) in [7, 11) is 0. The number of aromatic nitrogens is 2. The van der Waals surface area contributed by atoms with E-state index >= 15 is 0 Å². The molecule has 0 amide bonds. The van der Waals surface area contributed by atoms with Crippen molar-refractivity contribution in [2.45, 2.75) is 46.1 Å². The number of hydrogen-bond acceptors (Lipinski definition) is 5. The van der Waals surface area contributed by atoms with Gasteiger partial charge in [0.05, 0.1) is 6.54 Å². The third-order valence-corrected chi connectivity index (χ3v) is 3.60. The minimum atomic E-state index is 0.289. The highest BCUT2D eigenvalue weighted by molar-refractivity contribution is 4.88. The van der Waals surface area contributed by atoms with Crippen LogP contribution in [0.15, 0.2) is 4.52 Å². The largest absolute Gasteiger partial charge is 0.396 e. The first-order valence-corrected chi connectivity index (χ1v) is 7.32. The van der Waals surface area contributed by atoms with E-state index in [1.807, 2.05) is 0 Å². The Morgan fingerprint density at radius 2 is 2.32 bits per heavy atom. The molecular formula is C14H25N3O2. The Kier molecular flexibility index (Phi) is 5.34. The molecule has 1 atom stereocenters. The van der Waals surface area contributed by atoms with Gasteiger partial charge in [0.15, 0.2) is 5.82 Å². The van der Waals surface area contributed by atoms with E-state index in [0.717, 1.165) is 44.2 Å². The standard InChI is InChI=1S/C14H25N3O2/c1-11(2)8-13-15-14(19-16-13)10-17-6-3-4-12(9-17)5-7-18/h11-12,18H,3-10H2,1-2H3. The predicted octanol–water partition coefficient (Wildman–Crippen LogP) is 1.86. The average molecular weight is 267 g/mol. The molecule has 1 fully saturated rings. The molecule has 0 aliphatic carbocycles. The molecule has 2 rings (SSSR count). The Balaban J connectivity index is 1.84. The van der Waals surface area contributed by atoms with Gasteiger partial charge in [-0.1, -0.05) is 19.0 Å². The maximum atomic E-state index is 9.02. The summed E-state index contributed by atoms with van der Waals surface area (Å²) in [6.07, 6.45) is 4.19. The highest BCUT2D eigenvalue weighted by Crippen LogP contribution is 2.20. The highest BCUT2D eigenvalue weighted by Gasteiger charge is 2.21. The molecule has 5 heteroatoms. The molecule has 1 aliphatic rings. The molecule has 0 radical (unpaired) electrons. The number of rotatable bonds is 6. The molecule has 5 nitrogen and oxygen atoms in total. The van der Waals surface area contributed by atoms with Crippen LogP contribution in [0.1, 0.15) is 44.8 Å². The summed E-state index contributed by atoms with van der Waals surface area (Å²) in [6.45, 7) is 7.46. The quantitative estimate of drug-likeness (QED) is 0.852. The smallest absolute Gasteiger partial charge is 0.240 e. The maximum absolute atomic E-state index is 9.02. The number of nitrogens with zero attached hydrogens (tertiary/aromatic N) is 3. The topological polar surface area (TPSA) is 62.4 Å². The Morgan fingerprint density at radius 3 is 3.05 bits per heavy atom. The monoisotopic (exact) mass is 267 g/mol. The Labute approximate surface area is 115 Å². The summed E-state index contributed by atoms with van der Waals surface area (Å²) in [5, 5.41) is 13.0. The minimum Gasteiger partial charge on any atom is -0.396 e. The van der Waals surface area contributed by atoms with E-state index in [2.05, 4.69) is 28.9 Å². The van der Waals surface area contributed by atoms with E-state index in [1.165, 1.54) is 12.8 Å². The van der Waals surface area contributed by atoms with Crippen LogP contribution in [-0.2, 0) is 13.0 Å². The van der Waals surface area contributed by atoms with E-state index in [-0.39, 0.29) is 6.61 Å². The first kappa shape index (κ1) is 14.5. The molecule has 0 spiro atoms. The third kappa shape index (κ3) is 4.58. The summed E-state index contributed by atoms with van der Waals surface area (Å²) >= 11 is 0. The second kappa shape index (κ2) is 7.01. The zero-order chi connectivity index (χ0) is 13.7. The number of hydrogen-bond donors (Lipinski definition) is 1. The van der Waals surface area contributed by atoms with Crippen molar-refractivity contribution in [1.29, 1.82) is 0 Å². The molecule has 1 N–H and O–H groups in total. The van der Waals surface area contributed by atoms with Crippen LogP contribution in [0, 0.1) is 11.8 Å². The van der Waals surface area contributed by atoms with Crippen LogP contribution in [-0.4, -0.2) is 39.8 Å². The van der Waals surface area contributed by atoms with Gasteiger partial charge in [-0.05, 0) is 37.6 Å². The number of aliphatic hydroxyl groups excluding tert-OH is 1. The van der Waals surface area contributed by atoms with Gasteiger partial charge in [-0.15, -0.1) is 0 Å². The molecule has 1 unspecified atom stereocenters. The van der Waals surface area contributed by atoms with E-state index < -0.39 is 0 Å². The number of aliphatic hydroxyl groups is 1. The predicted molar refractivity (Wildman–Crippen MR) is 72.5 cm³/mol. The summed E-state index contributed by atoms with van der Waals surface area (Å²) in [5.41, 5.74) is 0. The Hall–Kier alpha value is -0.940. The van der Waals surface area contributed by atoms with E-state index in [1.54, 1.807) is 0 Å². The summed E-state index contributed by atoms with van der Waals surface area (Å²) < 4.78 is 5.31. The lowest BCUT2D eigenvalue weighted by Gasteiger charge is -2.31. The number of likely N-dealkylation sites (tertiary alicyclic amines) is 1. The van der Waals surface area contributed by atoms with Crippen LogP contribution >= 0.6 is 0 Å². The first-order chi connectivity index (χ1) is 9.17. The molecule has 2 heterocycles. The van der Waals surface area contributed by atoms with Crippen molar-refractivity contribution < 1.29 is 9.63 Å². The van der Waals surface area contributed by atoms with Crippen LogP contribution in [0.2, 0.25) is 0 Å². The Bertz CT molecular complexity index is 377. The van der Waals surface area contributed by atoms with Gasteiger partial charge in [0, 0.05) is 19.6 Å². The second-order valence-corrected chi connectivity index (χ2v) is 5.96. The average Bonchev–Trinajstić information content (AvgIpc) is 2.76. The molecule has 1 aliphatic heterocycles. The van der Waals surface area contributed by atoms with Gasteiger partial charge in [0.2, 0.25) is 5.89 Å². The summed E-state index contributed by atoms with van der Waals surface area (Å²) in [6, 6.07) is 0. The van der Waals surface area contributed by atoms with Gasteiger partial charge < -0.3 is 9.63 Å². The Morgan fingerprint density at radius 1 is 1.47 bits per heavy atom. The molecular weight excluding hydrogens is 242 g/mol. The fourth-order valence-electron chi connectivity index (χ4n) is 2.71. The fourth-order valence-corrected chi connectivity index (χ4v) is 2.71. The van der Waals surface area contributed by atoms with Crippen molar-refractivity contribution in [3.05, 3.63) is 11.7 Å². The van der Waals surface area contributed by atoms with Gasteiger partial charge in [-0.3, -0.25) is 4.90 Å². The van der Waals surface area contributed by atoms with E-state index in [4.69, 9.17) is 9.63 Å². The molecule has 1 aromatic heterocycles. The molecule has 0 saturated carbocycles. The second-order valence-electron chi connectivity index (χ2n) is 5.96. The van der Waals surface area contributed by atoms with Crippen LogP contribution < -0.4 is 0 Å². The highest BCUT2D eigenvalue weighted by atomic mass is 16.5. The lowest BCUT2D eigenvalue weighted by Crippen LogP contribution is -2.35. The molecule has 1 aromatic rings. The molecule has 0 bridgehead atoms. The molecule has 108 valence electrons. The molecule has 1 saturated heterocycles. The summed E-state index contributed by atoms with van der Waals surface area (Å²) in [4.78, 5) is 6.80. The number of piperidine rings is 1. The van der Waals surface area contributed by atoms with Crippen LogP contribution in [0.25, 0.3) is 0 Å². The lowest BCUT2D eigenvalue weighted by atomic mass is 9.95.